The summed E-state index contributed by atoms with van der Waals surface area (Å²) in [6.07, 6.45) is -0.203. The quantitative estimate of drug-likeness (QED) is 0.788. The molecule has 0 aromatic heterocycles. The summed E-state index contributed by atoms with van der Waals surface area (Å²) in [5.41, 5.74) is 4.72. The minimum absolute atomic E-state index is 0.203. The SMILES string of the molecule is Cc1cc(-c2ccccc2)ccc1CN1CCN(C(=O)OC(C)(C)C)CC1. The molecule has 1 saturated heterocycles. The first kappa shape index (κ1) is 19.4. The number of carbonyl (C=O) groups excluding carboxylic acids is 1. The fraction of sp³-hybridized carbons (Fsp3) is 0.435. The summed E-state index contributed by atoms with van der Waals surface area (Å²) in [4.78, 5) is 16.4. The maximum Gasteiger partial charge on any atom is 0.410 e. The zero-order valence-electron chi connectivity index (χ0n) is 16.9. The lowest BCUT2D eigenvalue weighted by Crippen LogP contribution is -2.49. The van der Waals surface area contributed by atoms with Gasteiger partial charge in [-0.25, -0.2) is 4.79 Å². The van der Waals surface area contributed by atoms with E-state index in [0.717, 1.165) is 32.7 Å². The summed E-state index contributed by atoms with van der Waals surface area (Å²) in [6.45, 7) is 12.0. The number of carbonyl (C=O) groups is 1. The predicted octanol–water partition coefficient (Wildman–Crippen LogP) is 4.71. The molecule has 1 fully saturated rings. The molecule has 1 heterocycles. The van der Waals surface area contributed by atoms with Crippen LogP contribution in [0.4, 0.5) is 4.79 Å². The summed E-state index contributed by atoms with van der Waals surface area (Å²) in [6, 6.07) is 17.2. The second-order valence-electron chi connectivity index (χ2n) is 8.25. The number of nitrogens with zero attached hydrogens (tertiary/aromatic N) is 2. The van der Waals surface area contributed by atoms with E-state index in [1.54, 1.807) is 0 Å². The maximum atomic E-state index is 12.2. The molecule has 4 heteroatoms. The highest BCUT2D eigenvalue weighted by Crippen LogP contribution is 2.23. The third kappa shape index (κ3) is 5.33. The number of ether oxygens (including phenoxy) is 1. The molecule has 27 heavy (non-hydrogen) atoms. The molecule has 144 valence electrons. The Morgan fingerprint density at radius 3 is 2.22 bits per heavy atom. The summed E-state index contributed by atoms with van der Waals surface area (Å²) < 4.78 is 5.47. The van der Waals surface area contributed by atoms with Gasteiger partial charge in [-0.05, 0) is 49.9 Å². The fourth-order valence-corrected chi connectivity index (χ4v) is 3.34. The largest absolute Gasteiger partial charge is 0.444 e. The van der Waals surface area contributed by atoms with Crippen molar-refractivity contribution in [1.29, 1.82) is 0 Å². The Morgan fingerprint density at radius 1 is 0.963 bits per heavy atom. The molecule has 2 aromatic rings. The molecule has 1 aliphatic heterocycles. The van der Waals surface area contributed by atoms with Crippen LogP contribution in [0, 0.1) is 6.92 Å². The molecule has 4 nitrogen and oxygen atoms in total. The number of hydrogen-bond donors (Lipinski definition) is 0. The maximum absolute atomic E-state index is 12.2. The summed E-state index contributed by atoms with van der Waals surface area (Å²) in [5, 5.41) is 0. The van der Waals surface area contributed by atoms with Crippen molar-refractivity contribution in [1.82, 2.24) is 9.80 Å². The first-order valence-corrected chi connectivity index (χ1v) is 9.67. The van der Waals surface area contributed by atoms with Crippen LogP contribution in [-0.4, -0.2) is 47.7 Å². The Kier molecular flexibility index (Phi) is 5.85. The lowest BCUT2D eigenvalue weighted by molar-refractivity contribution is 0.0139. The average Bonchev–Trinajstić information content (AvgIpc) is 2.63. The summed E-state index contributed by atoms with van der Waals surface area (Å²) in [7, 11) is 0. The normalized spacial score (nSPS) is 15.6. The molecule has 3 rings (SSSR count). The van der Waals surface area contributed by atoms with Crippen LogP contribution in [-0.2, 0) is 11.3 Å². The van der Waals surface area contributed by atoms with Crippen LogP contribution in [0.2, 0.25) is 0 Å². The number of aryl methyl sites for hydroxylation is 1. The Hall–Kier alpha value is -2.33. The Bertz CT molecular complexity index is 773. The highest BCUT2D eigenvalue weighted by Gasteiger charge is 2.25. The van der Waals surface area contributed by atoms with Crippen molar-refractivity contribution in [2.75, 3.05) is 26.2 Å². The summed E-state index contributed by atoms with van der Waals surface area (Å²) >= 11 is 0. The van der Waals surface area contributed by atoms with E-state index in [9.17, 15) is 4.79 Å². The van der Waals surface area contributed by atoms with E-state index in [1.165, 1.54) is 22.3 Å². The number of rotatable bonds is 3. The molecule has 2 aromatic carbocycles. The van der Waals surface area contributed by atoms with Crippen molar-refractivity contribution in [3.05, 3.63) is 59.7 Å². The van der Waals surface area contributed by atoms with Crippen LogP contribution in [0.15, 0.2) is 48.5 Å². The van der Waals surface area contributed by atoms with Crippen LogP contribution in [0.25, 0.3) is 11.1 Å². The van der Waals surface area contributed by atoms with Gasteiger partial charge in [0.05, 0.1) is 0 Å². The van der Waals surface area contributed by atoms with Crippen molar-refractivity contribution in [3.63, 3.8) is 0 Å². The molecule has 0 aliphatic carbocycles. The van der Waals surface area contributed by atoms with Crippen LogP contribution in [0.3, 0.4) is 0 Å². The van der Waals surface area contributed by atoms with Crippen molar-refractivity contribution >= 4 is 6.09 Å². The van der Waals surface area contributed by atoms with Crippen molar-refractivity contribution < 1.29 is 9.53 Å². The van der Waals surface area contributed by atoms with Crippen molar-refractivity contribution in [2.24, 2.45) is 0 Å². The Morgan fingerprint density at radius 2 is 1.63 bits per heavy atom. The highest BCUT2D eigenvalue weighted by molar-refractivity contribution is 5.68. The molecule has 0 atom stereocenters. The molecule has 1 amide bonds. The van der Waals surface area contributed by atoms with E-state index in [1.807, 2.05) is 31.7 Å². The number of piperazine rings is 1. The topological polar surface area (TPSA) is 32.8 Å². The molecule has 0 radical (unpaired) electrons. The highest BCUT2D eigenvalue weighted by atomic mass is 16.6. The standard InChI is InChI=1S/C23H30N2O2/c1-18-16-20(19-8-6-5-7-9-19)10-11-21(18)17-24-12-14-25(15-13-24)22(26)27-23(2,3)4/h5-11,16H,12-15,17H2,1-4H3. The van der Waals surface area contributed by atoms with Gasteiger partial charge in [-0.3, -0.25) is 4.90 Å². The van der Waals surface area contributed by atoms with Gasteiger partial charge in [0.1, 0.15) is 5.60 Å². The van der Waals surface area contributed by atoms with Crippen LogP contribution >= 0.6 is 0 Å². The Labute approximate surface area is 162 Å². The fourth-order valence-electron chi connectivity index (χ4n) is 3.34. The molecule has 0 N–H and O–H groups in total. The molecule has 0 spiro atoms. The third-order valence-corrected chi connectivity index (χ3v) is 4.87. The summed E-state index contributed by atoms with van der Waals surface area (Å²) in [5.74, 6) is 0. The zero-order chi connectivity index (χ0) is 19.4. The molecular weight excluding hydrogens is 336 g/mol. The second-order valence-corrected chi connectivity index (χ2v) is 8.25. The number of hydrogen-bond acceptors (Lipinski definition) is 3. The van der Waals surface area contributed by atoms with Gasteiger partial charge in [-0.2, -0.15) is 0 Å². The van der Waals surface area contributed by atoms with Gasteiger partial charge in [0, 0.05) is 32.7 Å². The van der Waals surface area contributed by atoms with Gasteiger partial charge in [-0.1, -0.05) is 48.5 Å². The lowest BCUT2D eigenvalue weighted by atomic mass is 9.99. The second kappa shape index (κ2) is 8.13. The molecule has 0 bridgehead atoms. The van der Waals surface area contributed by atoms with E-state index in [4.69, 9.17) is 4.74 Å². The van der Waals surface area contributed by atoms with E-state index in [2.05, 4.69) is 54.3 Å². The van der Waals surface area contributed by atoms with Gasteiger partial charge in [0.2, 0.25) is 0 Å². The lowest BCUT2D eigenvalue weighted by Gasteiger charge is -2.35. The van der Waals surface area contributed by atoms with Gasteiger partial charge >= 0.3 is 6.09 Å². The minimum Gasteiger partial charge on any atom is -0.444 e. The zero-order valence-corrected chi connectivity index (χ0v) is 16.9. The van der Waals surface area contributed by atoms with Crippen LogP contribution in [0.5, 0.6) is 0 Å². The van der Waals surface area contributed by atoms with Gasteiger partial charge in [0.15, 0.2) is 0 Å². The smallest absolute Gasteiger partial charge is 0.410 e. The Balaban J connectivity index is 1.57. The number of benzene rings is 2. The van der Waals surface area contributed by atoms with E-state index in [-0.39, 0.29) is 6.09 Å². The molecule has 0 unspecified atom stereocenters. The molecular formula is C23H30N2O2. The predicted molar refractivity (Wildman–Crippen MR) is 110 cm³/mol. The van der Waals surface area contributed by atoms with E-state index >= 15 is 0 Å². The van der Waals surface area contributed by atoms with Gasteiger partial charge in [-0.15, -0.1) is 0 Å². The molecule has 0 saturated carbocycles. The minimum atomic E-state index is -0.439. The van der Waals surface area contributed by atoms with E-state index in [0.29, 0.717) is 0 Å². The number of amides is 1. The van der Waals surface area contributed by atoms with Gasteiger partial charge < -0.3 is 9.64 Å². The van der Waals surface area contributed by atoms with Crippen LogP contribution in [0.1, 0.15) is 31.9 Å². The van der Waals surface area contributed by atoms with E-state index < -0.39 is 5.60 Å². The molecule has 1 aliphatic rings. The monoisotopic (exact) mass is 366 g/mol. The third-order valence-electron chi connectivity index (χ3n) is 4.87. The average molecular weight is 367 g/mol. The first-order chi connectivity index (χ1) is 12.8. The van der Waals surface area contributed by atoms with Crippen molar-refractivity contribution in [3.8, 4) is 11.1 Å². The van der Waals surface area contributed by atoms with Gasteiger partial charge in [0.25, 0.3) is 0 Å². The first-order valence-electron chi connectivity index (χ1n) is 9.67. The van der Waals surface area contributed by atoms with Crippen LogP contribution < -0.4 is 0 Å². The van der Waals surface area contributed by atoms with Crippen molar-refractivity contribution in [2.45, 2.75) is 39.8 Å².